The van der Waals surface area contributed by atoms with E-state index in [-0.39, 0.29) is 0 Å². The summed E-state index contributed by atoms with van der Waals surface area (Å²) in [6.45, 7) is 4.29. The van der Waals surface area contributed by atoms with Crippen LogP contribution in [-0.4, -0.2) is 11.0 Å². The minimum Gasteiger partial charge on any atom is -0.469 e. The van der Waals surface area contributed by atoms with E-state index in [0.717, 1.165) is 29.3 Å². The second kappa shape index (κ2) is 5.67. The molecule has 20 heavy (non-hydrogen) atoms. The van der Waals surface area contributed by atoms with Crippen molar-refractivity contribution in [3.05, 3.63) is 47.9 Å². The van der Waals surface area contributed by atoms with Gasteiger partial charge >= 0.3 is 0 Å². The van der Waals surface area contributed by atoms with E-state index in [2.05, 4.69) is 42.3 Å². The third kappa shape index (κ3) is 3.02. The maximum atomic E-state index is 5.35. The smallest absolute Gasteiger partial charge is 0.183 e. The lowest BCUT2D eigenvalue weighted by Gasteiger charge is -2.11. The molecular formula is C16H18N2OS. The molecule has 0 aliphatic heterocycles. The van der Waals surface area contributed by atoms with Crippen molar-refractivity contribution >= 4 is 26.7 Å². The van der Waals surface area contributed by atoms with Crippen LogP contribution < -0.4 is 5.32 Å². The number of benzene rings is 1. The molecule has 0 aliphatic carbocycles. The van der Waals surface area contributed by atoms with Gasteiger partial charge in [0.1, 0.15) is 5.76 Å². The standard InChI is InChI=1S/C16H18N2OS/c1-11-5-8-14-15(10-11)20-16(18-14)17-12(2)6-7-13-4-3-9-19-13/h3-5,8-10,12H,6-7H2,1-2H3,(H,17,18). The van der Waals surface area contributed by atoms with Gasteiger partial charge in [0.05, 0.1) is 16.5 Å². The first-order valence-corrected chi connectivity index (χ1v) is 7.68. The van der Waals surface area contributed by atoms with Crippen LogP contribution in [0.1, 0.15) is 24.7 Å². The van der Waals surface area contributed by atoms with Gasteiger partial charge in [0, 0.05) is 12.5 Å². The molecule has 0 radical (unpaired) electrons. The molecule has 0 saturated carbocycles. The molecule has 0 spiro atoms. The molecule has 2 aromatic heterocycles. The Hall–Kier alpha value is -1.81. The summed E-state index contributed by atoms with van der Waals surface area (Å²) in [7, 11) is 0. The van der Waals surface area contributed by atoms with Gasteiger partial charge in [0.2, 0.25) is 0 Å². The Kier molecular flexibility index (Phi) is 3.74. The van der Waals surface area contributed by atoms with Crippen LogP contribution in [0.3, 0.4) is 0 Å². The molecule has 0 saturated heterocycles. The van der Waals surface area contributed by atoms with Crippen molar-refractivity contribution < 1.29 is 4.42 Å². The van der Waals surface area contributed by atoms with Gasteiger partial charge in [-0.3, -0.25) is 0 Å². The van der Waals surface area contributed by atoms with Gasteiger partial charge < -0.3 is 9.73 Å². The molecule has 3 nitrogen and oxygen atoms in total. The summed E-state index contributed by atoms with van der Waals surface area (Å²) in [6, 6.07) is 10.7. The van der Waals surface area contributed by atoms with Crippen LogP contribution in [-0.2, 0) is 6.42 Å². The van der Waals surface area contributed by atoms with E-state index in [9.17, 15) is 0 Å². The van der Waals surface area contributed by atoms with E-state index >= 15 is 0 Å². The van der Waals surface area contributed by atoms with E-state index in [1.807, 2.05) is 12.1 Å². The first-order valence-electron chi connectivity index (χ1n) is 6.87. The highest BCUT2D eigenvalue weighted by molar-refractivity contribution is 7.22. The average Bonchev–Trinajstić information content (AvgIpc) is 3.04. The van der Waals surface area contributed by atoms with Gasteiger partial charge in [-0.25, -0.2) is 4.98 Å². The third-order valence-electron chi connectivity index (χ3n) is 3.32. The highest BCUT2D eigenvalue weighted by atomic mass is 32.1. The van der Waals surface area contributed by atoms with Crippen molar-refractivity contribution in [1.82, 2.24) is 4.98 Å². The maximum absolute atomic E-state index is 5.35. The lowest BCUT2D eigenvalue weighted by Crippen LogP contribution is -2.15. The number of nitrogens with one attached hydrogen (secondary N) is 1. The number of hydrogen-bond acceptors (Lipinski definition) is 4. The van der Waals surface area contributed by atoms with Crippen molar-refractivity contribution in [3.8, 4) is 0 Å². The Labute approximate surface area is 122 Å². The van der Waals surface area contributed by atoms with Gasteiger partial charge in [0.25, 0.3) is 0 Å². The Morgan fingerprint density at radius 1 is 1.35 bits per heavy atom. The van der Waals surface area contributed by atoms with Gasteiger partial charge in [-0.2, -0.15) is 0 Å². The van der Waals surface area contributed by atoms with Crippen LogP contribution in [0.15, 0.2) is 41.0 Å². The van der Waals surface area contributed by atoms with Gasteiger partial charge in [0.15, 0.2) is 5.13 Å². The van der Waals surface area contributed by atoms with Crippen molar-refractivity contribution in [2.24, 2.45) is 0 Å². The van der Waals surface area contributed by atoms with E-state index in [1.54, 1.807) is 17.6 Å². The molecule has 1 atom stereocenters. The predicted octanol–water partition coefficient (Wildman–Crippen LogP) is 4.63. The lowest BCUT2D eigenvalue weighted by atomic mass is 10.1. The first-order chi connectivity index (χ1) is 9.70. The van der Waals surface area contributed by atoms with E-state index in [0.29, 0.717) is 6.04 Å². The molecule has 0 amide bonds. The third-order valence-corrected chi connectivity index (χ3v) is 4.27. The zero-order chi connectivity index (χ0) is 13.9. The number of hydrogen-bond donors (Lipinski definition) is 1. The molecule has 1 N–H and O–H groups in total. The molecule has 0 bridgehead atoms. The minimum atomic E-state index is 0.377. The normalized spacial score (nSPS) is 12.7. The Morgan fingerprint density at radius 3 is 3.05 bits per heavy atom. The van der Waals surface area contributed by atoms with Crippen molar-refractivity contribution in [2.75, 3.05) is 5.32 Å². The quantitative estimate of drug-likeness (QED) is 0.743. The van der Waals surface area contributed by atoms with E-state index in [1.165, 1.54) is 10.3 Å². The topological polar surface area (TPSA) is 38.1 Å². The van der Waals surface area contributed by atoms with Crippen LogP contribution >= 0.6 is 11.3 Å². The van der Waals surface area contributed by atoms with Gasteiger partial charge in [-0.05, 0) is 50.1 Å². The number of fused-ring (bicyclic) bond motifs is 1. The Bertz CT molecular complexity index is 688. The summed E-state index contributed by atoms with van der Waals surface area (Å²) < 4.78 is 6.60. The van der Waals surface area contributed by atoms with Crippen molar-refractivity contribution in [2.45, 2.75) is 32.7 Å². The summed E-state index contributed by atoms with van der Waals surface area (Å²) in [6.07, 6.45) is 3.71. The monoisotopic (exact) mass is 286 g/mol. The molecule has 0 aliphatic rings. The van der Waals surface area contributed by atoms with Crippen LogP contribution in [0.5, 0.6) is 0 Å². The minimum absolute atomic E-state index is 0.377. The van der Waals surface area contributed by atoms with E-state index < -0.39 is 0 Å². The predicted molar refractivity (Wildman–Crippen MR) is 84.5 cm³/mol. The summed E-state index contributed by atoms with van der Waals surface area (Å²) in [5.41, 5.74) is 2.35. The number of thiazole rings is 1. The number of rotatable bonds is 5. The first kappa shape index (κ1) is 13.2. The van der Waals surface area contributed by atoms with Crippen LogP contribution in [0, 0.1) is 6.92 Å². The van der Waals surface area contributed by atoms with Crippen LogP contribution in [0.4, 0.5) is 5.13 Å². The van der Waals surface area contributed by atoms with Crippen molar-refractivity contribution in [1.29, 1.82) is 0 Å². The van der Waals surface area contributed by atoms with E-state index in [4.69, 9.17) is 4.42 Å². The summed E-state index contributed by atoms with van der Waals surface area (Å²) in [5.74, 6) is 1.04. The highest BCUT2D eigenvalue weighted by Gasteiger charge is 2.08. The Balaban J connectivity index is 1.63. The molecule has 3 rings (SSSR count). The van der Waals surface area contributed by atoms with Gasteiger partial charge in [-0.1, -0.05) is 17.4 Å². The molecule has 104 valence electrons. The Morgan fingerprint density at radius 2 is 2.25 bits per heavy atom. The molecular weight excluding hydrogens is 268 g/mol. The second-order valence-corrected chi connectivity index (χ2v) is 6.18. The molecule has 1 unspecified atom stereocenters. The number of nitrogens with zero attached hydrogens (tertiary/aromatic N) is 1. The molecule has 2 heterocycles. The second-order valence-electron chi connectivity index (χ2n) is 5.15. The summed E-state index contributed by atoms with van der Waals surface area (Å²) in [4.78, 5) is 4.62. The lowest BCUT2D eigenvalue weighted by molar-refractivity contribution is 0.495. The molecule has 4 heteroatoms. The fourth-order valence-electron chi connectivity index (χ4n) is 2.19. The maximum Gasteiger partial charge on any atom is 0.183 e. The molecule has 3 aromatic rings. The fraction of sp³-hybridized carbons (Fsp3) is 0.312. The highest BCUT2D eigenvalue weighted by Crippen LogP contribution is 2.27. The SMILES string of the molecule is Cc1ccc2nc(NC(C)CCc3ccco3)sc2c1. The zero-order valence-electron chi connectivity index (χ0n) is 11.7. The van der Waals surface area contributed by atoms with Crippen molar-refractivity contribution in [3.63, 3.8) is 0 Å². The number of furan rings is 1. The molecule has 0 fully saturated rings. The number of aryl methyl sites for hydroxylation is 2. The van der Waals surface area contributed by atoms with Crippen LogP contribution in [0.2, 0.25) is 0 Å². The zero-order valence-corrected chi connectivity index (χ0v) is 12.5. The fourth-order valence-corrected chi connectivity index (χ4v) is 3.27. The molecule has 1 aromatic carbocycles. The number of anilines is 1. The summed E-state index contributed by atoms with van der Waals surface area (Å²) in [5, 5.41) is 4.48. The largest absolute Gasteiger partial charge is 0.469 e. The summed E-state index contributed by atoms with van der Waals surface area (Å²) >= 11 is 1.72. The average molecular weight is 286 g/mol. The van der Waals surface area contributed by atoms with Crippen LogP contribution in [0.25, 0.3) is 10.2 Å². The van der Waals surface area contributed by atoms with Gasteiger partial charge in [-0.15, -0.1) is 0 Å². The number of aromatic nitrogens is 1.